The molecular formula is C9H12O4S3. The predicted molar refractivity (Wildman–Crippen MR) is 66.2 cm³/mol. The van der Waals surface area contributed by atoms with Gasteiger partial charge in [-0.05, 0) is 11.4 Å². The van der Waals surface area contributed by atoms with Crippen LogP contribution in [-0.2, 0) is 20.6 Å². The summed E-state index contributed by atoms with van der Waals surface area (Å²) in [5.74, 6) is -0.412. The van der Waals surface area contributed by atoms with Crippen LogP contribution in [0.5, 0.6) is 0 Å². The summed E-state index contributed by atoms with van der Waals surface area (Å²) >= 11 is 1.29. The van der Waals surface area contributed by atoms with Crippen molar-refractivity contribution >= 4 is 37.8 Å². The first-order valence-electron chi connectivity index (χ1n) is 4.48. The SMILES string of the molecule is CS(=O)(=O)CCS(=O)CC(=O)c1cccs1. The lowest BCUT2D eigenvalue weighted by molar-refractivity contribution is 0.102. The molecule has 1 atom stereocenters. The van der Waals surface area contributed by atoms with Gasteiger partial charge in [0.2, 0.25) is 0 Å². The van der Waals surface area contributed by atoms with E-state index in [1.807, 2.05) is 0 Å². The summed E-state index contributed by atoms with van der Waals surface area (Å²) in [6.45, 7) is 0. The van der Waals surface area contributed by atoms with Crippen LogP contribution in [0.25, 0.3) is 0 Å². The second-order valence-electron chi connectivity index (χ2n) is 3.32. The fraction of sp³-hybridized carbons (Fsp3) is 0.444. The molecule has 0 saturated heterocycles. The van der Waals surface area contributed by atoms with Crippen molar-refractivity contribution in [1.29, 1.82) is 0 Å². The number of ketones is 1. The Morgan fingerprint density at radius 1 is 1.50 bits per heavy atom. The molecule has 0 aliphatic heterocycles. The van der Waals surface area contributed by atoms with Crippen molar-refractivity contribution in [1.82, 2.24) is 0 Å². The molecule has 90 valence electrons. The lowest BCUT2D eigenvalue weighted by atomic mass is 10.4. The Morgan fingerprint density at radius 2 is 2.19 bits per heavy atom. The van der Waals surface area contributed by atoms with Gasteiger partial charge < -0.3 is 0 Å². The number of Topliss-reactive ketones (excluding diaryl/α,β-unsaturated/α-hetero) is 1. The molecule has 0 aliphatic rings. The molecule has 1 aromatic heterocycles. The number of sulfone groups is 1. The molecule has 7 heteroatoms. The van der Waals surface area contributed by atoms with Gasteiger partial charge in [-0.1, -0.05) is 6.07 Å². The summed E-state index contributed by atoms with van der Waals surface area (Å²) < 4.78 is 33.1. The minimum Gasteiger partial charge on any atom is -0.292 e. The molecule has 0 aliphatic carbocycles. The molecule has 1 aromatic rings. The van der Waals surface area contributed by atoms with E-state index in [2.05, 4.69) is 0 Å². The zero-order chi connectivity index (χ0) is 12.2. The summed E-state index contributed by atoms with van der Waals surface area (Å²) in [6.07, 6.45) is 1.09. The largest absolute Gasteiger partial charge is 0.292 e. The van der Waals surface area contributed by atoms with Crippen molar-refractivity contribution < 1.29 is 17.4 Å². The molecule has 0 aromatic carbocycles. The van der Waals surface area contributed by atoms with Gasteiger partial charge in [-0.25, -0.2) is 8.42 Å². The van der Waals surface area contributed by atoms with E-state index in [0.717, 1.165) is 6.26 Å². The van der Waals surface area contributed by atoms with E-state index >= 15 is 0 Å². The van der Waals surface area contributed by atoms with Gasteiger partial charge in [-0.3, -0.25) is 9.00 Å². The molecule has 0 spiro atoms. The topological polar surface area (TPSA) is 68.3 Å². The molecule has 4 nitrogen and oxygen atoms in total. The molecule has 0 bridgehead atoms. The highest BCUT2D eigenvalue weighted by atomic mass is 32.2. The first-order chi connectivity index (χ1) is 7.38. The fourth-order valence-corrected chi connectivity index (χ4v) is 4.27. The van der Waals surface area contributed by atoms with Gasteiger partial charge in [0.05, 0.1) is 16.4 Å². The molecule has 1 rings (SSSR count). The van der Waals surface area contributed by atoms with E-state index in [9.17, 15) is 17.4 Å². The van der Waals surface area contributed by atoms with E-state index in [4.69, 9.17) is 0 Å². The summed E-state index contributed by atoms with van der Waals surface area (Å²) in [7, 11) is -4.51. The van der Waals surface area contributed by atoms with Gasteiger partial charge in [0.15, 0.2) is 5.78 Å². The molecule has 1 unspecified atom stereocenters. The molecular weight excluding hydrogens is 268 g/mol. The van der Waals surface area contributed by atoms with Gasteiger partial charge >= 0.3 is 0 Å². The number of thiophene rings is 1. The fourth-order valence-electron chi connectivity index (χ4n) is 0.971. The van der Waals surface area contributed by atoms with E-state index in [0.29, 0.717) is 4.88 Å². The van der Waals surface area contributed by atoms with E-state index in [1.54, 1.807) is 17.5 Å². The second kappa shape index (κ2) is 5.70. The quantitative estimate of drug-likeness (QED) is 0.720. The predicted octanol–water partition coefficient (Wildman–Crippen LogP) is 0.724. The minimum absolute atomic E-state index is 0.0238. The molecule has 0 radical (unpaired) electrons. The van der Waals surface area contributed by atoms with Gasteiger partial charge in [0.1, 0.15) is 9.84 Å². The molecule has 0 amide bonds. The molecule has 0 N–H and O–H groups in total. The summed E-state index contributed by atoms with van der Waals surface area (Å²) in [6, 6.07) is 3.41. The molecule has 0 saturated carbocycles. The third-order valence-corrected chi connectivity index (χ3v) is 5.13. The number of hydrogen-bond acceptors (Lipinski definition) is 5. The molecule has 0 fully saturated rings. The van der Waals surface area contributed by atoms with E-state index < -0.39 is 20.6 Å². The van der Waals surface area contributed by atoms with Gasteiger partial charge in [0, 0.05) is 22.8 Å². The number of rotatable bonds is 6. The van der Waals surface area contributed by atoms with Crippen LogP contribution < -0.4 is 0 Å². The standard InChI is InChI=1S/C9H12O4S3/c1-16(12,13)6-5-15(11)7-8(10)9-3-2-4-14-9/h2-4H,5-7H2,1H3. The zero-order valence-electron chi connectivity index (χ0n) is 8.71. The minimum atomic E-state index is -3.11. The second-order valence-corrected chi connectivity index (χ2v) is 8.10. The van der Waals surface area contributed by atoms with Crippen LogP contribution in [0.1, 0.15) is 9.67 Å². The highest BCUT2D eigenvalue weighted by molar-refractivity contribution is 7.92. The lowest BCUT2D eigenvalue weighted by Crippen LogP contribution is -2.17. The average molecular weight is 280 g/mol. The summed E-state index contributed by atoms with van der Waals surface area (Å²) in [5.41, 5.74) is 0. The molecule has 16 heavy (non-hydrogen) atoms. The van der Waals surface area contributed by atoms with Crippen LogP contribution in [-0.4, -0.2) is 41.9 Å². The van der Waals surface area contributed by atoms with Crippen LogP contribution in [0, 0.1) is 0 Å². The summed E-state index contributed by atoms with van der Waals surface area (Å²) in [4.78, 5) is 12.1. The smallest absolute Gasteiger partial charge is 0.185 e. The first kappa shape index (κ1) is 13.5. The number of hydrogen-bond donors (Lipinski definition) is 0. The van der Waals surface area contributed by atoms with Crippen LogP contribution in [0.4, 0.5) is 0 Å². The monoisotopic (exact) mass is 280 g/mol. The normalized spacial score (nSPS) is 13.6. The number of carbonyl (C=O) groups excluding carboxylic acids is 1. The van der Waals surface area contributed by atoms with Crippen molar-refractivity contribution in [2.75, 3.05) is 23.5 Å². The Hall–Kier alpha value is -0.530. The average Bonchev–Trinajstić information content (AvgIpc) is 2.66. The van der Waals surface area contributed by atoms with Crippen molar-refractivity contribution in [2.45, 2.75) is 0 Å². The van der Waals surface area contributed by atoms with Crippen LogP contribution in [0.3, 0.4) is 0 Å². The zero-order valence-corrected chi connectivity index (χ0v) is 11.2. The van der Waals surface area contributed by atoms with Gasteiger partial charge in [0.25, 0.3) is 0 Å². The maximum Gasteiger partial charge on any atom is 0.185 e. The Labute approximate surface area is 101 Å². The lowest BCUT2D eigenvalue weighted by Gasteiger charge is -1.99. The highest BCUT2D eigenvalue weighted by Gasteiger charge is 2.13. The van der Waals surface area contributed by atoms with Crippen LogP contribution >= 0.6 is 11.3 Å². The van der Waals surface area contributed by atoms with Crippen molar-refractivity contribution in [3.63, 3.8) is 0 Å². The Bertz CT molecular complexity index is 473. The first-order valence-corrected chi connectivity index (χ1v) is 8.91. The third-order valence-electron chi connectivity index (χ3n) is 1.77. The van der Waals surface area contributed by atoms with E-state index in [1.165, 1.54) is 11.3 Å². The van der Waals surface area contributed by atoms with E-state index in [-0.39, 0.29) is 23.0 Å². The van der Waals surface area contributed by atoms with Crippen LogP contribution in [0.15, 0.2) is 17.5 Å². The third kappa shape index (κ3) is 5.00. The number of carbonyl (C=O) groups is 1. The maximum absolute atomic E-state index is 11.5. The van der Waals surface area contributed by atoms with Crippen molar-refractivity contribution in [2.24, 2.45) is 0 Å². The van der Waals surface area contributed by atoms with Crippen molar-refractivity contribution in [3.8, 4) is 0 Å². The maximum atomic E-state index is 11.5. The summed E-state index contributed by atoms with van der Waals surface area (Å²) in [5, 5.41) is 1.77. The van der Waals surface area contributed by atoms with Crippen LogP contribution in [0.2, 0.25) is 0 Å². The highest BCUT2D eigenvalue weighted by Crippen LogP contribution is 2.09. The molecule has 1 heterocycles. The van der Waals surface area contributed by atoms with Gasteiger partial charge in [-0.15, -0.1) is 11.3 Å². The van der Waals surface area contributed by atoms with Crippen molar-refractivity contribution in [3.05, 3.63) is 22.4 Å². The Balaban J connectivity index is 2.44. The van der Waals surface area contributed by atoms with Gasteiger partial charge in [-0.2, -0.15) is 0 Å². The Kier molecular flexibility index (Phi) is 4.82. The Morgan fingerprint density at radius 3 is 2.69 bits per heavy atom.